The average Bonchev–Trinajstić information content (AvgIpc) is 2.25. The number of rotatable bonds is 4. The van der Waals surface area contributed by atoms with Crippen LogP contribution < -0.4 is 10.6 Å². The van der Waals surface area contributed by atoms with Crippen molar-refractivity contribution >= 4 is 18.3 Å². The number of benzene rings is 1. The minimum Gasteiger partial charge on any atom is -0.355 e. The number of amides is 1. The second-order valence-corrected chi connectivity index (χ2v) is 5.68. The molecule has 0 bridgehead atoms. The van der Waals surface area contributed by atoms with Crippen molar-refractivity contribution in [2.75, 3.05) is 19.6 Å². The van der Waals surface area contributed by atoms with Crippen LogP contribution in [-0.4, -0.2) is 25.5 Å². The Bertz CT molecular complexity index is 487. The molecule has 1 saturated carbocycles. The zero-order valence-electron chi connectivity index (χ0n) is 11.3. The van der Waals surface area contributed by atoms with Crippen LogP contribution in [0.3, 0.4) is 0 Å². The van der Waals surface area contributed by atoms with Crippen LogP contribution in [-0.2, 0) is 10.2 Å². The molecule has 0 spiro atoms. The zero-order valence-corrected chi connectivity index (χ0v) is 12.1. The number of hydrogen-bond donors (Lipinski definition) is 2. The van der Waals surface area contributed by atoms with Crippen molar-refractivity contribution in [1.82, 2.24) is 10.6 Å². The van der Waals surface area contributed by atoms with E-state index in [0.717, 1.165) is 44.5 Å². The summed E-state index contributed by atoms with van der Waals surface area (Å²) in [5.41, 5.74) is 0.335. The van der Waals surface area contributed by atoms with E-state index in [9.17, 15) is 9.18 Å². The molecule has 110 valence electrons. The van der Waals surface area contributed by atoms with E-state index in [1.807, 2.05) is 6.07 Å². The predicted molar refractivity (Wildman–Crippen MR) is 78.5 cm³/mol. The third kappa shape index (κ3) is 2.67. The Morgan fingerprint density at radius 3 is 2.65 bits per heavy atom. The molecule has 20 heavy (non-hydrogen) atoms. The summed E-state index contributed by atoms with van der Waals surface area (Å²) in [5, 5.41) is 6.23. The van der Waals surface area contributed by atoms with Gasteiger partial charge in [0.15, 0.2) is 0 Å². The molecule has 1 heterocycles. The van der Waals surface area contributed by atoms with E-state index in [-0.39, 0.29) is 24.1 Å². The van der Waals surface area contributed by atoms with E-state index >= 15 is 0 Å². The first kappa shape index (κ1) is 15.3. The van der Waals surface area contributed by atoms with E-state index in [1.54, 1.807) is 6.07 Å². The Balaban J connectivity index is 0.00000147. The highest BCUT2D eigenvalue weighted by Gasteiger charge is 2.45. The van der Waals surface area contributed by atoms with Crippen LogP contribution in [0.5, 0.6) is 0 Å². The van der Waals surface area contributed by atoms with Crippen molar-refractivity contribution in [2.45, 2.75) is 24.7 Å². The Hall–Kier alpha value is -1.13. The predicted octanol–water partition coefficient (Wildman–Crippen LogP) is 2.00. The molecule has 2 N–H and O–H groups in total. The number of carbonyl (C=O) groups is 1. The fraction of sp³-hybridized carbons (Fsp3) is 0.533. The highest BCUT2D eigenvalue weighted by molar-refractivity contribution is 5.89. The van der Waals surface area contributed by atoms with E-state index in [1.165, 1.54) is 12.1 Å². The lowest BCUT2D eigenvalue weighted by molar-refractivity contribution is -0.130. The zero-order chi connectivity index (χ0) is 13.3. The molecule has 1 aliphatic heterocycles. The number of halogens is 2. The maximum Gasteiger partial charge on any atom is 0.230 e. The van der Waals surface area contributed by atoms with Gasteiger partial charge in [-0.1, -0.05) is 18.6 Å². The highest BCUT2D eigenvalue weighted by Crippen LogP contribution is 2.44. The Labute approximate surface area is 124 Å². The van der Waals surface area contributed by atoms with Gasteiger partial charge in [0.25, 0.3) is 0 Å². The first-order valence-electron chi connectivity index (χ1n) is 6.96. The molecule has 1 aromatic rings. The molecular formula is C15H20ClFN2O. The largest absolute Gasteiger partial charge is 0.355 e. The van der Waals surface area contributed by atoms with Gasteiger partial charge < -0.3 is 10.6 Å². The lowest BCUT2D eigenvalue weighted by atomic mass is 9.63. The van der Waals surface area contributed by atoms with Crippen LogP contribution in [0.1, 0.15) is 24.8 Å². The van der Waals surface area contributed by atoms with Gasteiger partial charge in [0, 0.05) is 25.6 Å². The van der Waals surface area contributed by atoms with Crippen LogP contribution >= 0.6 is 12.4 Å². The van der Waals surface area contributed by atoms with Crippen LogP contribution in [0.4, 0.5) is 4.39 Å². The van der Waals surface area contributed by atoms with Gasteiger partial charge in [0.2, 0.25) is 5.91 Å². The second-order valence-electron chi connectivity index (χ2n) is 5.68. The van der Waals surface area contributed by atoms with Crippen LogP contribution in [0, 0.1) is 11.7 Å². The summed E-state index contributed by atoms with van der Waals surface area (Å²) >= 11 is 0. The van der Waals surface area contributed by atoms with Crippen molar-refractivity contribution < 1.29 is 9.18 Å². The van der Waals surface area contributed by atoms with Gasteiger partial charge in [-0.05, 0) is 30.5 Å². The Kier molecular flexibility index (Phi) is 4.66. The molecule has 3 nitrogen and oxygen atoms in total. The van der Waals surface area contributed by atoms with E-state index in [0.29, 0.717) is 5.92 Å². The lowest BCUT2D eigenvalue weighted by Gasteiger charge is -2.41. The highest BCUT2D eigenvalue weighted by atomic mass is 35.5. The third-order valence-corrected chi connectivity index (χ3v) is 4.44. The van der Waals surface area contributed by atoms with Gasteiger partial charge >= 0.3 is 0 Å². The summed E-state index contributed by atoms with van der Waals surface area (Å²) in [4.78, 5) is 12.4. The number of hydrogen-bond acceptors (Lipinski definition) is 2. The van der Waals surface area contributed by atoms with Crippen molar-refractivity contribution in [3.8, 4) is 0 Å². The molecular weight excluding hydrogens is 279 g/mol. The molecule has 3 rings (SSSR count). The molecule has 2 aliphatic rings. The minimum absolute atomic E-state index is 0. The van der Waals surface area contributed by atoms with Gasteiger partial charge in [-0.3, -0.25) is 4.79 Å². The molecule has 0 unspecified atom stereocenters. The fourth-order valence-corrected chi connectivity index (χ4v) is 2.86. The van der Waals surface area contributed by atoms with Crippen LogP contribution in [0.25, 0.3) is 0 Å². The SMILES string of the molecule is Cl.O=C(NCC1CNC1)C1(c2cccc(F)c2)CCC1. The van der Waals surface area contributed by atoms with Gasteiger partial charge in [0.1, 0.15) is 5.82 Å². The van der Waals surface area contributed by atoms with Crippen molar-refractivity contribution in [2.24, 2.45) is 5.92 Å². The second kappa shape index (κ2) is 6.10. The number of nitrogens with one attached hydrogen (secondary N) is 2. The first-order chi connectivity index (χ1) is 9.21. The maximum atomic E-state index is 13.4. The summed E-state index contributed by atoms with van der Waals surface area (Å²) in [6.45, 7) is 2.68. The lowest BCUT2D eigenvalue weighted by Crippen LogP contribution is -2.54. The van der Waals surface area contributed by atoms with Crippen molar-refractivity contribution in [3.63, 3.8) is 0 Å². The Morgan fingerprint density at radius 2 is 2.15 bits per heavy atom. The monoisotopic (exact) mass is 298 g/mol. The minimum atomic E-state index is -0.487. The molecule has 0 aromatic heterocycles. The smallest absolute Gasteiger partial charge is 0.230 e. The maximum absolute atomic E-state index is 13.4. The quantitative estimate of drug-likeness (QED) is 0.893. The van der Waals surface area contributed by atoms with Gasteiger partial charge in [-0.2, -0.15) is 0 Å². The van der Waals surface area contributed by atoms with Gasteiger partial charge in [-0.25, -0.2) is 4.39 Å². The first-order valence-corrected chi connectivity index (χ1v) is 6.96. The van der Waals surface area contributed by atoms with E-state index in [4.69, 9.17) is 0 Å². The molecule has 1 amide bonds. The molecule has 1 saturated heterocycles. The van der Waals surface area contributed by atoms with Crippen molar-refractivity contribution in [1.29, 1.82) is 0 Å². The fourth-order valence-electron chi connectivity index (χ4n) is 2.86. The summed E-state index contributed by atoms with van der Waals surface area (Å²) in [5.74, 6) is 0.351. The normalized spacial score (nSPS) is 20.2. The summed E-state index contributed by atoms with van der Waals surface area (Å²) in [6.07, 6.45) is 2.69. The summed E-state index contributed by atoms with van der Waals surface area (Å²) in [6, 6.07) is 6.48. The summed E-state index contributed by atoms with van der Waals surface area (Å²) < 4.78 is 13.4. The van der Waals surface area contributed by atoms with Crippen LogP contribution in [0.2, 0.25) is 0 Å². The molecule has 0 radical (unpaired) electrons. The van der Waals surface area contributed by atoms with Crippen LogP contribution in [0.15, 0.2) is 24.3 Å². The average molecular weight is 299 g/mol. The van der Waals surface area contributed by atoms with Gasteiger partial charge in [-0.15, -0.1) is 12.4 Å². The van der Waals surface area contributed by atoms with Gasteiger partial charge in [0.05, 0.1) is 5.41 Å². The third-order valence-electron chi connectivity index (χ3n) is 4.44. The number of carbonyl (C=O) groups excluding carboxylic acids is 1. The van der Waals surface area contributed by atoms with E-state index < -0.39 is 5.41 Å². The topological polar surface area (TPSA) is 41.1 Å². The summed E-state index contributed by atoms with van der Waals surface area (Å²) in [7, 11) is 0. The van der Waals surface area contributed by atoms with E-state index in [2.05, 4.69) is 10.6 Å². The standard InChI is InChI=1S/C15H19FN2O.ClH/c16-13-4-1-3-12(7-13)15(5-2-6-15)14(19)18-10-11-8-17-9-11;/h1,3-4,7,11,17H,2,5-6,8-10H2,(H,18,19);1H. The molecule has 1 aliphatic carbocycles. The molecule has 1 aromatic carbocycles. The molecule has 2 fully saturated rings. The van der Waals surface area contributed by atoms with Crippen molar-refractivity contribution in [3.05, 3.63) is 35.6 Å². The molecule has 5 heteroatoms. The Morgan fingerprint density at radius 1 is 1.40 bits per heavy atom. The molecule has 0 atom stereocenters.